The number of aromatic nitrogens is 1. The Balaban J connectivity index is 1.63. The van der Waals surface area contributed by atoms with Gasteiger partial charge in [0.1, 0.15) is 0 Å². The molecule has 0 spiro atoms. The Bertz CT molecular complexity index is 900. The first-order valence-electron chi connectivity index (χ1n) is 7.96. The fraction of sp³-hybridized carbons (Fsp3) is 0.158. The lowest BCUT2D eigenvalue weighted by molar-refractivity contribution is 0.769. The van der Waals surface area contributed by atoms with Gasteiger partial charge in [0, 0.05) is 23.1 Å². The molecule has 25 heavy (non-hydrogen) atoms. The van der Waals surface area contributed by atoms with E-state index in [4.69, 9.17) is 23.8 Å². The normalized spacial score (nSPS) is 11.5. The lowest BCUT2D eigenvalue weighted by atomic mass is 10.1. The maximum absolute atomic E-state index is 6.25. The molecule has 0 saturated heterocycles. The van der Waals surface area contributed by atoms with Crippen molar-refractivity contribution in [1.82, 2.24) is 9.88 Å². The number of benzene rings is 2. The Hall–Kier alpha value is -1.95. The third-order valence-corrected chi connectivity index (χ3v) is 5.09. The van der Waals surface area contributed by atoms with E-state index in [2.05, 4.69) is 27.0 Å². The van der Waals surface area contributed by atoms with Crippen LogP contribution in [0, 0.1) is 0 Å². The van der Waals surface area contributed by atoms with Crippen molar-refractivity contribution in [2.24, 2.45) is 4.99 Å². The van der Waals surface area contributed by atoms with Crippen LogP contribution in [0.1, 0.15) is 11.1 Å². The van der Waals surface area contributed by atoms with Gasteiger partial charge < -0.3 is 9.88 Å². The second kappa shape index (κ2) is 8.94. The molecular weight excluding hydrogens is 370 g/mol. The second-order valence-corrected chi connectivity index (χ2v) is 7.15. The average molecular weight is 388 g/mol. The molecule has 3 nitrogen and oxygen atoms in total. The summed E-state index contributed by atoms with van der Waals surface area (Å²) in [5.74, 6) is 0. The van der Waals surface area contributed by atoms with Gasteiger partial charge in [-0.15, -0.1) is 11.3 Å². The fourth-order valence-corrected chi connectivity index (χ4v) is 3.58. The molecule has 0 radical (unpaired) electrons. The van der Waals surface area contributed by atoms with Crippen molar-refractivity contribution in [3.8, 4) is 0 Å². The maximum atomic E-state index is 6.25. The molecular formula is C19H18ClN3S2. The molecule has 0 atom stereocenters. The number of halogens is 1. The number of thiocarbonyl (C=S) groups is 1. The first-order valence-corrected chi connectivity index (χ1v) is 9.63. The van der Waals surface area contributed by atoms with Gasteiger partial charge in [-0.05, 0) is 35.8 Å². The van der Waals surface area contributed by atoms with Crippen LogP contribution in [0.25, 0.3) is 0 Å². The Labute approximate surface area is 161 Å². The highest BCUT2D eigenvalue weighted by atomic mass is 35.5. The molecule has 128 valence electrons. The molecule has 2 aromatic carbocycles. The zero-order valence-electron chi connectivity index (χ0n) is 13.6. The van der Waals surface area contributed by atoms with E-state index in [0.29, 0.717) is 11.7 Å². The van der Waals surface area contributed by atoms with E-state index in [1.807, 2.05) is 54.0 Å². The zero-order chi connectivity index (χ0) is 17.5. The molecule has 0 saturated carbocycles. The highest BCUT2D eigenvalue weighted by Gasteiger charge is 2.03. The first-order chi connectivity index (χ1) is 12.2. The smallest absolute Gasteiger partial charge is 0.195 e. The number of thiazole rings is 1. The lowest BCUT2D eigenvalue weighted by Crippen LogP contribution is -2.26. The van der Waals surface area contributed by atoms with Crippen LogP contribution in [0.3, 0.4) is 0 Å². The molecule has 0 unspecified atom stereocenters. The topological polar surface area (TPSA) is 29.3 Å². The molecule has 1 heterocycles. The van der Waals surface area contributed by atoms with Gasteiger partial charge in [-0.25, -0.2) is 0 Å². The molecule has 3 aromatic rings. The van der Waals surface area contributed by atoms with Crippen LogP contribution >= 0.6 is 35.2 Å². The van der Waals surface area contributed by atoms with Gasteiger partial charge in [0.15, 0.2) is 9.91 Å². The SMILES string of the molecule is S=C(N=c1sccn1Cc1ccccc1Cl)NCCc1ccccc1. The van der Waals surface area contributed by atoms with Gasteiger partial charge in [-0.3, -0.25) is 0 Å². The van der Waals surface area contributed by atoms with Gasteiger partial charge >= 0.3 is 0 Å². The number of hydrogen-bond acceptors (Lipinski definition) is 2. The van der Waals surface area contributed by atoms with Crippen molar-refractivity contribution in [2.75, 3.05) is 6.54 Å². The molecule has 6 heteroatoms. The van der Waals surface area contributed by atoms with Crippen LogP contribution < -0.4 is 10.1 Å². The maximum Gasteiger partial charge on any atom is 0.195 e. The van der Waals surface area contributed by atoms with Crippen LogP contribution in [0.4, 0.5) is 0 Å². The molecule has 0 aliphatic carbocycles. The Morgan fingerprint density at radius 1 is 1.12 bits per heavy atom. The number of rotatable bonds is 5. The van der Waals surface area contributed by atoms with Crippen LogP contribution in [-0.2, 0) is 13.0 Å². The highest BCUT2D eigenvalue weighted by molar-refractivity contribution is 7.80. The molecule has 3 rings (SSSR count). The highest BCUT2D eigenvalue weighted by Crippen LogP contribution is 2.15. The standard InChI is InChI=1S/C19H18ClN3S2/c20-17-9-5-4-8-16(17)14-23-12-13-25-19(23)22-18(24)21-11-10-15-6-2-1-3-7-15/h1-9,12-13H,10-11,14H2,(H,21,24). The minimum atomic E-state index is 0.506. The van der Waals surface area contributed by atoms with E-state index in [1.54, 1.807) is 11.3 Å². The third kappa shape index (κ3) is 5.26. The van der Waals surface area contributed by atoms with Crippen molar-refractivity contribution in [1.29, 1.82) is 0 Å². The van der Waals surface area contributed by atoms with Gasteiger partial charge in [0.25, 0.3) is 0 Å². The summed E-state index contributed by atoms with van der Waals surface area (Å²) in [5.41, 5.74) is 2.34. The van der Waals surface area contributed by atoms with Crippen LogP contribution in [-0.4, -0.2) is 16.2 Å². The van der Waals surface area contributed by atoms with Crippen molar-refractivity contribution in [3.63, 3.8) is 0 Å². The van der Waals surface area contributed by atoms with E-state index < -0.39 is 0 Å². The minimum Gasteiger partial charge on any atom is -0.360 e. The van der Waals surface area contributed by atoms with E-state index >= 15 is 0 Å². The molecule has 1 aromatic heterocycles. The van der Waals surface area contributed by atoms with Gasteiger partial charge in [-0.1, -0.05) is 60.1 Å². The van der Waals surface area contributed by atoms with Gasteiger partial charge in [-0.2, -0.15) is 4.99 Å². The molecule has 0 aliphatic rings. The van der Waals surface area contributed by atoms with Crippen molar-refractivity contribution in [3.05, 3.63) is 87.1 Å². The summed E-state index contributed by atoms with van der Waals surface area (Å²) in [5, 5.41) is 6.47. The number of nitrogens with zero attached hydrogens (tertiary/aromatic N) is 2. The quantitative estimate of drug-likeness (QED) is 0.662. The Kier molecular flexibility index (Phi) is 6.39. The molecule has 0 aliphatic heterocycles. The number of hydrogen-bond donors (Lipinski definition) is 1. The van der Waals surface area contributed by atoms with E-state index in [0.717, 1.165) is 28.4 Å². The molecule has 1 N–H and O–H groups in total. The predicted octanol–water partition coefficient (Wildman–Crippen LogP) is 4.27. The summed E-state index contributed by atoms with van der Waals surface area (Å²) in [6.45, 7) is 1.44. The van der Waals surface area contributed by atoms with Crippen LogP contribution in [0.15, 0.2) is 71.2 Å². The predicted molar refractivity (Wildman–Crippen MR) is 109 cm³/mol. The van der Waals surface area contributed by atoms with Gasteiger partial charge in [0.2, 0.25) is 0 Å². The summed E-state index contributed by atoms with van der Waals surface area (Å²) >= 11 is 13.2. The minimum absolute atomic E-state index is 0.506. The van der Waals surface area contributed by atoms with Crippen LogP contribution in [0.2, 0.25) is 5.02 Å². The van der Waals surface area contributed by atoms with Crippen molar-refractivity contribution in [2.45, 2.75) is 13.0 Å². The molecule has 0 amide bonds. The van der Waals surface area contributed by atoms with Crippen LogP contribution in [0.5, 0.6) is 0 Å². The third-order valence-electron chi connectivity index (χ3n) is 3.69. The Morgan fingerprint density at radius 2 is 1.88 bits per heavy atom. The van der Waals surface area contributed by atoms with Gasteiger partial charge in [0.05, 0.1) is 6.54 Å². The van der Waals surface area contributed by atoms with E-state index in [1.165, 1.54) is 5.56 Å². The summed E-state index contributed by atoms with van der Waals surface area (Å²) in [6.07, 6.45) is 2.92. The summed E-state index contributed by atoms with van der Waals surface area (Å²) in [7, 11) is 0. The Morgan fingerprint density at radius 3 is 2.68 bits per heavy atom. The fourth-order valence-electron chi connectivity index (χ4n) is 2.40. The van der Waals surface area contributed by atoms with E-state index in [9.17, 15) is 0 Å². The second-order valence-electron chi connectivity index (χ2n) is 5.48. The average Bonchev–Trinajstić information content (AvgIpc) is 3.04. The first kappa shape index (κ1) is 17.9. The zero-order valence-corrected chi connectivity index (χ0v) is 15.9. The monoisotopic (exact) mass is 387 g/mol. The summed E-state index contributed by atoms with van der Waals surface area (Å²) in [4.78, 5) is 5.39. The lowest BCUT2D eigenvalue weighted by Gasteiger charge is -2.06. The van der Waals surface area contributed by atoms with Crippen molar-refractivity contribution >= 4 is 40.3 Å². The van der Waals surface area contributed by atoms with Crippen molar-refractivity contribution < 1.29 is 0 Å². The largest absolute Gasteiger partial charge is 0.360 e. The molecule has 0 fully saturated rings. The molecule has 0 bridgehead atoms. The summed E-state index contributed by atoms with van der Waals surface area (Å²) in [6, 6.07) is 18.2. The van der Waals surface area contributed by atoms with E-state index in [-0.39, 0.29) is 0 Å². The number of nitrogens with one attached hydrogen (secondary N) is 1. The summed E-state index contributed by atoms with van der Waals surface area (Å²) < 4.78 is 2.05.